The largest absolute Gasteiger partial charge is 0.481 e. The first-order valence-electron chi connectivity index (χ1n) is 6.20. The number of hydrogen-bond acceptors (Lipinski definition) is 2. The number of aromatic nitrogens is 1. The van der Waals surface area contributed by atoms with E-state index in [1.807, 2.05) is 30.5 Å². The predicted octanol–water partition coefficient (Wildman–Crippen LogP) is 1.60. The molecule has 98 valence electrons. The third kappa shape index (κ3) is 2.19. The molecule has 0 saturated carbocycles. The molecule has 1 aromatic heterocycles. The van der Waals surface area contributed by atoms with Crippen molar-refractivity contribution in [1.82, 2.24) is 9.88 Å². The number of nitrogens with one attached hydrogen (secondary N) is 1. The number of rotatable bonds is 3. The van der Waals surface area contributed by atoms with Crippen LogP contribution in [0, 0.1) is 5.92 Å². The molecule has 2 aromatic rings. The molecule has 0 spiro atoms. The van der Waals surface area contributed by atoms with Crippen LogP contribution >= 0.6 is 0 Å². The first kappa shape index (κ1) is 11.8. The number of benzene rings is 1. The monoisotopic (exact) mass is 258 g/mol. The summed E-state index contributed by atoms with van der Waals surface area (Å²) >= 11 is 0. The summed E-state index contributed by atoms with van der Waals surface area (Å²) in [4.78, 5) is 27.4. The maximum atomic E-state index is 11.8. The Morgan fingerprint density at radius 1 is 1.42 bits per heavy atom. The molecule has 1 fully saturated rings. The molecule has 0 bridgehead atoms. The fourth-order valence-electron chi connectivity index (χ4n) is 2.50. The van der Waals surface area contributed by atoms with Crippen molar-refractivity contribution in [1.29, 1.82) is 0 Å². The number of hydrogen-bond donors (Lipinski definition) is 2. The standard InChI is InChI=1S/C14H14N2O3/c17-13-6-11(14(18)19)8-16(13)7-9-1-2-10-3-4-15-12(10)5-9/h1-5,11,15H,6-8H2,(H,18,19). The van der Waals surface area contributed by atoms with Crippen LogP contribution in [0.1, 0.15) is 12.0 Å². The lowest BCUT2D eigenvalue weighted by Gasteiger charge is -2.16. The van der Waals surface area contributed by atoms with E-state index in [9.17, 15) is 9.59 Å². The van der Waals surface area contributed by atoms with Crippen LogP contribution in [0.25, 0.3) is 10.9 Å². The van der Waals surface area contributed by atoms with E-state index < -0.39 is 11.9 Å². The molecule has 19 heavy (non-hydrogen) atoms. The number of amides is 1. The Bertz CT molecular complexity index is 647. The van der Waals surface area contributed by atoms with Crippen molar-refractivity contribution in [3.05, 3.63) is 36.0 Å². The van der Waals surface area contributed by atoms with Crippen LogP contribution < -0.4 is 0 Å². The van der Waals surface area contributed by atoms with Gasteiger partial charge in [0.2, 0.25) is 5.91 Å². The number of aromatic amines is 1. The molecule has 1 unspecified atom stereocenters. The van der Waals surface area contributed by atoms with Crippen LogP contribution in [0.15, 0.2) is 30.5 Å². The molecule has 5 nitrogen and oxygen atoms in total. The van der Waals surface area contributed by atoms with Crippen molar-refractivity contribution in [2.45, 2.75) is 13.0 Å². The second kappa shape index (κ2) is 4.42. The van der Waals surface area contributed by atoms with Gasteiger partial charge in [-0.1, -0.05) is 12.1 Å². The van der Waals surface area contributed by atoms with Gasteiger partial charge in [-0.15, -0.1) is 0 Å². The average Bonchev–Trinajstić information content (AvgIpc) is 2.96. The number of carbonyl (C=O) groups is 2. The summed E-state index contributed by atoms with van der Waals surface area (Å²) in [6.45, 7) is 0.772. The summed E-state index contributed by atoms with van der Waals surface area (Å²) < 4.78 is 0. The van der Waals surface area contributed by atoms with E-state index >= 15 is 0 Å². The number of nitrogens with zero attached hydrogens (tertiary/aromatic N) is 1. The molecule has 1 aliphatic rings. The predicted molar refractivity (Wildman–Crippen MR) is 69.5 cm³/mol. The van der Waals surface area contributed by atoms with Crippen molar-refractivity contribution >= 4 is 22.8 Å². The summed E-state index contributed by atoms with van der Waals surface area (Å²) in [6.07, 6.45) is 1.98. The summed E-state index contributed by atoms with van der Waals surface area (Å²) in [7, 11) is 0. The second-order valence-electron chi connectivity index (χ2n) is 4.91. The van der Waals surface area contributed by atoms with Crippen molar-refractivity contribution in [2.24, 2.45) is 5.92 Å². The minimum atomic E-state index is -0.893. The highest BCUT2D eigenvalue weighted by molar-refractivity contribution is 5.86. The molecule has 0 radical (unpaired) electrons. The third-order valence-electron chi connectivity index (χ3n) is 3.56. The van der Waals surface area contributed by atoms with Crippen molar-refractivity contribution in [3.63, 3.8) is 0 Å². The molecule has 1 aliphatic heterocycles. The van der Waals surface area contributed by atoms with E-state index in [0.29, 0.717) is 13.1 Å². The Hall–Kier alpha value is -2.30. The Balaban J connectivity index is 1.77. The van der Waals surface area contributed by atoms with Crippen LogP contribution in [-0.2, 0) is 16.1 Å². The summed E-state index contributed by atoms with van der Waals surface area (Å²) in [6, 6.07) is 7.95. The molecule has 1 saturated heterocycles. The molecular formula is C14H14N2O3. The minimum absolute atomic E-state index is 0.0843. The van der Waals surface area contributed by atoms with Crippen LogP contribution in [0.3, 0.4) is 0 Å². The van der Waals surface area contributed by atoms with Gasteiger partial charge in [0.05, 0.1) is 5.92 Å². The fraction of sp³-hybridized carbons (Fsp3) is 0.286. The summed E-state index contributed by atoms with van der Waals surface area (Å²) in [5, 5.41) is 10.1. The SMILES string of the molecule is O=C(O)C1CC(=O)N(Cc2ccc3cc[nH]c3c2)C1. The number of carbonyl (C=O) groups excluding carboxylic acids is 1. The molecule has 2 heterocycles. The van der Waals surface area contributed by atoms with Gasteiger partial charge < -0.3 is 15.0 Å². The van der Waals surface area contributed by atoms with E-state index in [2.05, 4.69) is 4.98 Å². The van der Waals surface area contributed by atoms with Gasteiger partial charge in [-0.25, -0.2) is 0 Å². The van der Waals surface area contributed by atoms with Gasteiger partial charge in [0.15, 0.2) is 0 Å². The number of carboxylic acid groups (broad SMARTS) is 1. The van der Waals surface area contributed by atoms with Crippen LogP contribution in [0.4, 0.5) is 0 Å². The molecule has 3 rings (SSSR count). The van der Waals surface area contributed by atoms with Crippen molar-refractivity contribution in [3.8, 4) is 0 Å². The lowest BCUT2D eigenvalue weighted by molar-refractivity contribution is -0.141. The number of fused-ring (bicyclic) bond motifs is 1. The maximum absolute atomic E-state index is 11.8. The topological polar surface area (TPSA) is 73.4 Å². The molecule has 1 amide bonds. The first-order chi connectivity index (χ1) is 9.13. The zero-order chi connectivity index (χ0) is 13.4. The van der Waals surface area contributed by atoms with Crippen molar-refractivity contribution < 1.29 is 14.7 Å². The van der Waals surface area contributed by atoms with Gasteiger partial charge in [-0.3, -0.25) is 9.59 Å². The van der Waals surface area contributed by atoms with Gasteiger partial charge in [-0.2, -0.15) is 0 Å². The Labute approximate surface area is 109 Å². The fourth-order valence-corrected chi connectivity index (χ4v) is 2.50. The maximum Gasteiger partial charge on any atom is 0.308 e. The van der Waals surface area contributed by atoms with E-state index in [0.717, 1.165) is 16.5 Å². The van der Waals surface area contributed by atoms with Crippen molar-refractivity contribution in [2.75, 3.05) is 6.54 Å². The Morgan fingerprint density at radius 3 is 3.00 bits per heavy atom. The van der Waals surface area contributed by atoms with E-state index in [1.165, 1.54) is 0 Å². The van der Waals surface area contributed by atoms with Gasteiger partial charge in [-0.05, 0) is 23.1 Å². The number of aliphatic carboxylic acids is 1. The normalized spacial score (nSPS) is 19.3. The summed E-state index contributed by atoms with van der Waals surface area (Å²) in [5.74, 6) is -1.55. The highest BCUT2D eigenvalue weighted by Crippen LogP contribution is 2.22. The van der Waals surface area contributed by atoms with E-state index in [-0.39, 0.29) is 12.3 Å². The second-order valence-corrected chi connectivity index (χ2v) is 4.91. The zero-order valence-electron chi connectivity index (χ0n) is 10.3. The smallest absolute Gasteiger partial charge is 0.308 e. The molecule has 5 heteroatoms. The minimum Gasteiger partial charge on any atom is -0.481 e. The average molecular weight is 258 g/mol. The third-order valence-corrected chi connectivity index (χ3v) is 3.56. The number of likely N-dealkylation sites (tertiary alicyclic amines) is 1. The molecule has 1 aromatic carbocycles. The molecule has 2 N–H and O–H groups in total. The lowest BCUT2D eigenvalue weighted by atomic mass is 10.1. The molecule has 1 atom stereocenters. The van der Waals surface area contributed by atoms with Crippen LogP contribution in [0.2, 0.25) is 0 Å². The van der Waals surface area contributed by atoms with Gasteiger partial charge >= 0.3 is 5.97 Å². The zero-order valence-corrected chi connectivity index (χ0v) is 10.3. The van der Waals surface area contributed by atoms with E-state index in [4.69, 9.17) is 5.11 Å². The van der Waals surface area contributed by atoms with E-state index in [1.54, 1.807) is 4.90 Å². The summed E-state index contributed by atoms with van der Waals surface area (Å²) in [5.41, 5.74) is 2.04. The van der Waals surface area contributed by atoms with Gasteiger partial charge in [0, 0.05) is 31.2 Å². The highest BCUT2D eigenvalue weighted by atomic mass is 16.4. The van der Waals surface area contributed by atoms with Crippen LogP contribution in [0.5, 0.6) is 0 Å². The van der Waals surface area contributed by atoms with Gasteiger partial charge in [0.1, 0.15) is 0 Å². The van der Waals surface area contributed by atoms with Crippen LogP contribution in [-0.4, -0.2) is 33.4 Å². The number of H-pyrrole nitrogens is 1. The molecule has 0 aliphatic carbocycles. The van der Waals surface area contributed by atoms with Gasteiger partial charge in [0.25, 0.3) is 0 Å². The number of carboxylic acids is 1. The highest BCUT2D eigenvalue weighted by Gasteiger charge is 2.33. The quantitative estimate of drug-likeness (QED) is 0.878. The molecular weight excluding hydrogens is 244 g/mol. The lowest BCUT2D eigenvalue weighted by Crippen LogP contribution is -2.25. The Kier molecular flexibility index (Phi) is 2.74. The Morgan fingerprint density at radius 2 is 2.26 bits per heavy atom. The first-order valence-corrected chi connectivity index (χ1v) is 6.20.